The van der Waals surface area contributed by atoms with Crippen molar-refractivity contribution in [2.24, 2.45) is 11.8 Å². The van der Waals surface area contributed by atoms with Gasteiger partial charge in [-0.1, -0.05) is 6.08 Å². The number of carbonyl (C=O) groups is 2. The summed E-state index contributed by atoms with van der Waals surface area (Å²) in [7, 11) is 0. The highest BCUT2D eigenvalue weighted by Gasteiger charge is 2.50. The van der Waals surface area contributed by atoms with E-state index in [4.69, 9.17) is 0 Å². The van der Waals surface area contributed by atoms with Crippen LogP contribution < -0.4 is 10.6 Å². The average molecular weight is 364 g/mol. The van der Waals surface area contributed by atoms with E-state index in [1.165, 1.54) is 19.8 Å². The second-order valence-corrected chi connectivity index (χ2v) is 9.17. The molecule has 26 heavy (non-hydrogen) atoms. The smallest absolute Gasteiger partial charge is 0.246 e. The number of carbonyl (C=O) groups excluding carboxylic acids is 2. The number of allylic oxidation sites excluding steroid dienone is 1. The Morgan fingerprint density at radius 1 is 1.23 bits per heavy atom. The Morgan fingerprint density at radius 3 is 2.42 bits per heavy atom. The largest absolute Gasteiger partial charge is 0.349 e. The molecule has 148 valence electrons. The minimum atomic E-state index is -0.837. The van der Waals surface area contributed by atoms with Gasteiger partial charge in [-0.15, -0.1) is 6.58 Å². The van der Waals surface area contributed by atoms with E-state index in [1.54, 1.807) is 0 Å². The van der Waals surface area contributed by atoms with Crippen LogP contribution in [0.25, 0.3) is 0 Å². The normalized spacial score (nSPS) is 30.0. The van der Waals surface area contributed by atoms with Crippen LogP contribution in [0.2, 0.25) is 0 Å². The molecule has 1 saturated heterocycles. The van der Waals surface area contributed by atoms with Gasteiger partial charge in [0, 0.05) is 12.5 Å². The van der Waals surface area contributed by atoms with Crippen molar-refractivity contribution in [3.8, 4) is 0 Å². The summed E-state index contributed by atoms with van der Waals surface area (Å²) in [6, 6.07) is 0. The van der Waals surface area contributed by atoms with E-state index in [-0.39, 0.29) is 29.2 Å². The number of nitrogens with one attached hydrogen (secondary N) is 2. The molecule has 2 rings (SSSR count). The lowest BCUT2D eigenvalue weighted by Crippen LogP contribution is -2.67. The number of hydrogen-bond acceptors (Lipinski definition) is 3. The summed E-state index contributed by atoms with van der Waals surface area (Å²) in [5.41, 5.74) is -1.17. The van der Waals surface area contributed by atoms with Crippen molar-refractivity contribution in [3.63, 3.8) is 0 Å². The zero-order chi connectivity index (χ0) is 19.4. The van der Waals surface area contributed by atoms with Gasteiger partial charge in [-0.3, -0.25) is 9.59 Å². The standard InChI is InChI=1S/C21H37N3O2/c1-6-17-9-10-18(11-14-24-12-7-8-13-24)21(15-17,22-16(2)25)19(26)23-20(3,4)5/h6,17-18H,1,7-15H2,2-5H3,(H,22,25)(H,23,26)/t17-,18-,21-/m1/s1. The maximum Gasteiger partial charge on any atom is 0.246 e. The molecule has 1 aliphatic heterocycles. The van der Waals surface area contributed by atoms with E-state index in [9.17, 15) is 9.59 Å². The Bertz CT molecular complexity index is 520. The molecule has 0 bridgehead atoms. The van der Waals surface area contributed by atoms with E-state index < -0.39 is 5.54 Å². The molecule has 2 N–H and O–H groups in total. The third-order valence-electron chi connectivity index (χ3n) is 5.79. The van der Waals surface area contributed by atoms with Gasteiger partial charge in [0.05, 0.1) is 0 Å². The van der Waals surface area contributed by atoms with Crippen LogP contribution in [0.3, 0.4) is 0 Å². The van der Waals surface area contributed by atoms with Gasteiger partial charge in [0.15, 0.2) is 0 Å². The summed E-state index contributed by atoms with van der Waals surface area (Å²) in [5.74, 6) is 0.240. The molecule has 1 heterocycles. The maximum atomic E-state index is 13.4. The summed E-state index contributed by atoms with van der Waals surface area (Å²) in [5, 5.41) is 6.23. The minimum absolute atomic E-state index is 0.0434. The fraction of sp³-hybridized carbons (Fsp3) is 0.810. The first-order valence-corrected chi connectivity index (χ1v) is 10.1. The molecule has 0 aromatic heterocycles. The van der Waals surface area contributed by atoms with E-state index >= 15 is 0 Å². The molecule has 3 atom stereocenters. The molecule has 2 aliphatic rings. The van der Waals surface area contributed by atoms with Crippen LogP contribution in [-0.4, -0.2) is 47.4 Å². The van der Waals surface area contributed by atoms with Gasteiger partial charge in [-0.05, 0) is 90.8 Å². The number of amides is 2. The predicted octanol–water partition coefficient (Wildman–Crippen LogP) is 2.86. The summed E-state index contributed by atoms with van der Waals surface area (Å²) in [6.45, 7) is 14.7. The quantitative estimate of drug-likeness (QED) is 0.714. The first kappa shape index (κ1) is 20.9. The summed E-state index contributed by atoms with van der Waals surface area (Å²) >= 11 is 0. The SMILES string of the molecule is C=C[C@@H]1CC[C@H](CCN2CCCC2)[C@@](NC(C)=O)(C(=O)NC(C)(C)C)C1. The van der Waals surface area contributed by atoms with Crippen LogP contribution in [0.5, 0.6) is 0 Å². The highest BCUT2D eigenvalue weighted by molar-refractivity contribution is 5.92. The summed E-state index contributed by atoms with van der Waals surface area (Å²) < 4.78 is 0. The zero-order valence-corrected chi connectivity index (χ0v) is 17.1. The summed E-state index contributed by atoms with van der Waals surface area (Å²) in [6.07, 6.45) is 8.05. The van der Waals surface area contributed by atoms with Gasteiger partial charge in [0.25, 0.3) is 0 Å². The van der Waals surface area contributed by atoms with E-state index in [1.807, 2.05) is 26.8 Å². The molecular formula is C21H37N3O2. The third-order valence-corrected chi connectivity index (χ3v) is 5.79. The van der Waals surface area contributed by atoms with Crippen LogP contribution >= 0.6 is 0 Å². The second kappa shape index (κ2) is 8.55. The molecule has 5 heteroatoms. The highest BCUT2D eigenvalue weighted by Crippen LogP contribution is 2.40. The number of hydrogen-bond donors (Lipinski definition) is 2. The first-order chi connectivity index (χ1) is 12.2. The molecule has 0 aromatic carbocycles. The maximum absolute atomic E-state index is 13.4. The van der Waals surface area contributed by atoms with Gasteiger partial charge in [0.2, 0.25) is 11.8 Å². The Hall–Kier alpha value is -1.36. The zero-order valence-electron chi connectivity index (χ0n) is 17.1. The van der Waals surface area contributed by atoms with Crippen LogP contribution in [0.4, 0.5) is 0 Å². The lowest BCUT2D eigenvalue weighted by atomic mass is 9.66. The fourth-order valence-corrected chi connectivity index (χ4v) is 4.53. The van der Waals surface area contributed by atoms with E-state index in [0.29, 0.717) is 6.42 Å². The lowest BCUT2D eigenvalue weighted by Gasteiger charge is -2.47. The molecule has 2 amide bonds. The Kier molecular flexibility index (Phi) is 6.89. The summed E-state index contributed by atoms with van der Waals surface area (Å²) in [4.78, 5) is 27.9. The van der Waals surface area contributed by atoms with Crippen LogP contribution in [0.15, 0.2) is 12.7 Å². The molecular weight excluding hydrogens is 326 g/mol. The number of nitrogens with zero attached hydrogens (tertiary/aromatic N) is 1. The molecule has 5 nitrogen and oxygen atoms in total. The molecule has 0 unspecified atom stereocenters. The molecule has 0 spiro atoms. The monoisotopic (exact) mass is 363 g/mol. The van der Waals surface area contributed by atoms with Crippen LogP contribution in [-0.2, 0) is 9.59 Å². The third kappa shape index (κ3) is 5.32. The highest BCUT2D eigenvalue weighted by atomic mass is 16.2. The van der Waals surface area contributed by atoms with Crippen LogP contribution in [0.1, 0.15) is 66.2 Å². The van der Waals surface area contributed by atoms with Crippen molar-refractivity contribution in [2.45, 2.75) is 77.3 Å². The molecule has 1 aliphatic carbocycles. The van der Waals surface area contributed by atoms with Gasteiger partial charge in [-0.2, -0.15) is 0 Å². The lowest BCUT2D eigenvalue weighted by molar-refractivity contribution is -0.139. The average Bonchev–Trinajstić information content (AvgIpc) is 3.04. The Labute approximate surface area is 159 Å². The van der Waals surface area contributed by atoms with Gasteiger partial charge in [0.1, 0.15) is 5.54 Å². The second-order valence-electron chi connectivity index (χ2n) is 9.17. The Morgan fingerprint density at radius 2 is 1.88 bits per heavy atom. The van der Waals surface area contributed by atoms with E-state index in [0.717, 1.165) is 38.9 Å². The minimum Gasteiger partial charge on any atom is -0.349 e. The Balaban J connectivity index is 2.25. The number of rotatable bonds is 6. The van der Waals surface area contributed by atoms with E-state index in [2.05, 4.69) is 22.1 Å². The van der Waals surface area contributed by atoms with Crippen molar-refractivity contribution in [1.82, 2.24) is 15.5 Å². The van der Waals surface area contributed by atoms with Crippen molar-refractivity contribution in [1.29, 1.82) is 0 Å². The van der Waals surface area contributed by atoms with Crippen molar-refractivity contribution in [3.05, 3.63) is 12.7 Å². The molecule has 0 aromatic rings. The van der Waals surface area contributed by atoms with Gasteiger partial charge in [-0.25, -0.2) is 0 Å². The van der Waals surface area contributed by atoms with Crippen molar-refractivity contribution >= 4 is 11.8 Å². The fourth-order valence-electron chi connectivity index (χ4n) is 4.53. The first-order valence-electron chi connectivity index (χ1n) is 10.1. The predicted molar refractivity (Wildman–Crippen MR) is 106 cm³/mol. The number of likely N-dealkylation sites (tertiary alicyclic amines) is 1. The van der Waals surface area contributed by atoms with Crippen molar-refractivity contribution in [2.75, 3.05) is 19.6 Å². The van der Waals surface area contributed by atoms with Crippen LogP contribution in [0, 0.1) is 11.8 Å². The molecule has 1 saturated carbocycles. The molecule has 0 radical (unpaired) electrons. The topological polar surface area (TPSA) is 61.4 Å². The van der Waals surface area contributed by atoms with Crippen molar-refractivity contribution < 1.29 is 9.59 Å². The molecule has 2 fully saturated rings. The van der Waals surface area contributed by atoms with Gasteiger partial charge < -0.3 is 15.5 Å². The van der Waals surface area contributed by atoms with Gasteiger partial charge >= 0.3 is 0 Å².